The summed E-state index contributed by atoms with van der Waals surface area (Å²) in [7, 11) is 0. The van der Waals surface area contributed by atoms with Crippen LogP contribution in [0.4, 0.5) is 5.69 Å². The Labute approximate surface area is 173 Å². The van der Waals surface area contributed by atoms with Crippen molar-refractivity contribution in [1.82, 2.24) is 19.6 Å². The summed E-state index contributed by atoms with van der Waals surface area (Å²) in [6, 6.07) is 16.6. The minimum Gasteiger partial charge on any atom is -0.301 e. The molecule has 0 radical (unpaired) electrons. The summed E-state index contributed by atoms with van der Waals surface area (Å²) in [5, 5.41) is 5.10. The first-order valence-electron chi connectivity index (χ1n) is 9.25. The number of hydrogen-bond acceptors (Lipinski definition) is 4. The molecule has 0 aliphatic carbocycles. The second-order valence-electron chi connectivity index (χ2n) is 7.02. The van der Waals surface area contributed by atoms with Gasteiger partial charge < -0.3 is 4.90 Å². The molecule has 7 heteroatoms. The lowest BCUT2D eigenvalue weighted by Gasteiger charge is -2.22. The van der Waals surface area contributed by atoms with Crippen LogP contribution in [-0.4, -0.2) is 25.5 Å². The summed E-state index contributed by atoms with van der Waals surface area (Å²) >= 11 is 6.18. The first kappa shape index (κ1) is 19.1. The van der Waals surface area contributed by atoms with Gasteiger partial charge in [-0.1, -0.05) is 35.4 Å². The Kier molecular flexibility index (Phi) is 5.03. The highest BCUT2D eigenvalue weighted by Gasteiger charge is 2.21. The molecule has 29 heavy (non-hydrogen) atoms. The predicted octanol–water partition coefficient (Wildman–Crippen LogP) is 4.55. The van der Waals surface area contributed by atoms with Gasteiger partial charge in [-0.25, -0.2) is 9.50 Å². The summed E-state index contributed by atoms with van der Waals surface area (Å²) in [6.07, 6.45) is 0. The highest BCUT2D eigenvalue weighted by molar-refractivity contribution is 6.31. The van der Waals surface area contributed by atoms with Crippen LogP contribution in [0.25, 0.3) is 5.78 Å². The Morgan fingerprint density at radius 2 is 1.79 bits per heavy atom. The molecule has 1 amide bonds. The van der Waals surface area contributed by atoms with E-state index in [0.29, 0.717) is 27.9 Å². The smallest absolute Gasteiger partial charge is 0.258 e. The molecule has 2 aromatic heterocycles. The molecule has 0 aliphatic heterocycles. The summed E-state index contributed by atoms with van der Waals surface area (Å²) < 4.78 is 1.69. The number of aryl methyl sites for hydroxylation is 3. The first-order valence-corrected chi connectivity index (χ1v) is 9.62. The van der Waals surface area contributed by atoms with Gasteiger partial charge in [-0.15, -0.1) is 5.10 Å². The van der Waals surface area contributed by atoms with Crippen LogP contribution in [0.15, 0.2) is 54.6 Å². The van der Waals surface area contributed by atoms with E-state index in [2.05, 4.69) is 15.1 Å². The van der Waals surface area contributed by atoms with Crippen LogP contribution >= 0.6 is 11.6 Å². The lowest BCUT2D eigenvalue weighted by molar-refractivity contribution is 0.0984. The van der Waals surface area contributed by atoms with Crippen molar-refractivity contribution in [2.24, 2.45) is 0 Å². The summed E-state index contributed by atoms with van der Waals surface area (Å²) in [5.74, 6) is 0.880. The van der Waals surface area contributed by atoms with Gasteiger partial charge in [-0.05, 0) is 57.2 Å². The predicted molar refractivity (Wildman–Crippen MR) is 113 cm³/mol. The van der Waals surface area contributed by atoms with Gasteiger partial charge in [0.05, 0.1) is 6.54 Å². The molecule has 0 saturated heterocycles. The van der Waals surface area contributed by atoms with Crippen molar-refractivity contribution in [2.45, 2.75) is 27.3 Å². The third-order valence-corrected chi connectivity index (χ3v) is 4.86. The second kappa shape index (κ2) is 7.64. The average Bonchev–Trinajstić information content (AvgIpc) is 3.09. The Balaban J connectivity index is 1.75. The molecule has 6 nitrogen and oxygen atoms in total. The van der Waals surface area contributed by atoms with Gasteiger partial charge >= 0.3 is 0 Å². The van der Waals surface area contributed by atoms with E-state index in [1.807, 2.05) is 63.2 Å². The molecular formula is C22H20ClN5O. The zero-order valence-electron chi connectivity index (χ0n) is 16.4. The average molecular weight is 406 g/mol. The van der Waals surface area contributed by atoms with E-state index >= 15 is 0 Å². The number of aromatic nitrogens is 4. The number of carbonyl (C=O) groups is 1. The number of fused-ring (bicyclic) bond motifs is 1. The summed E-state index contributed by atoms with van der Waals surface area (Å²) in [5.41, 5.74) is 4.17. The van der Waals surface area contributed by atoms with Gasteiger partial charge in [0.1, 0.15) is 0 Å². The number of benzene rings is 2. The van der Waals surface area contributed by atoms with E-state index in [1.54, 1.807) is 21.5 Å². The number of amides is 1. The SMILES string of the molecule is Cc1ccc(C(=O)N(Cc2nc3nc(C)cc(C)n3n2)c2cccc(Cl)c2)cc1. The minimum absolute atomic E-state index is 0.146. The molecule has 0 bridgehead atoms. The van der Waals surface area contributed by atoms with E-state index in [1.165, 1.54) is 0 Å². The number of rotatable bonds is 4. The Bertz CT molecular complexity index is 1200. The van der Waals surface area contributed by atoms with Crippen molar-refractivity contribution < 1.29 is 4.79 Å². The Hall–Kier alpha value is -3.25. The molecule has 0 N–H and O–H groups in total. The van der Waals surface area contributed by atoms with Gasteiger partial charge in [0, 0.05) is 27.7 Å². The normalized spacial score (nSPS) is 11.0. The maximum atomic E-state index is 13.3. The lowest BCUT2D eigenvalue weighted by atomic mass is 10.1. The Morgan fingerprint density at radius 1 is 1.03 bits per heavy atom. The number of halogens is 1. The quantitative estimate of drug-likeness (QED) is 0.499. The third-order valence-electron chi connectivity index (χ3n) is 4.63. The standard InChI is InChI=1S/C22H20ClN5O/c1-14-7-9-17(10-8-14)21(29)27(19-6-4-5-18(23)12-19)13-20-25-22-24-15(2)11-16(3)28(22)26-20/h4-12H,13H2,1-3H3. The van der Waals surface area contributed by atoms with Crippen LogP contribution in [0.3, 0.4) is 0 Å². The maximum Gasteiger partial charge on any atom is 0.258 e. The molecule has 0 spiro atoms. The van der Waals surface area contributed by atoms with Gasteiger partial charge in [0.2, 0.25) is 0 Å². The van der Waals surface area contributed by atoms with Gasteiger partial charge in [0.25, 0.3) is 11.7 Å². The molecule has 0 saturated carbocycles. The highest BCUT2D eigenvalue weighted by Crippen LogP contribution is 2.23. The van der Waals surface area contributed by atoms with Crippen LogP contribution in [0, 0.1) is 20.8 Å². The fourth-order valence-corrected chi connectivity index (χ4v) is 3.38. The van der Waals surface area contributed by atoms with Crippen molar-refractivity contribution in [3.8, 4) is 0 Å². The monoisotopic (exact) mass is 405 g/mol. The van der Waals surface area contributed by atoms with Crippen molar-refractivity contribution >= 4 is 29.0 Å². The van der Waals surface area contributed by atoms with Crippen LogP contribution in [0.5, 0.6) is 0 Å². The van der Waals surface area contributed by atoms with E-state index in [0.717, 1.165) is 17.0 Å². The highest BCUT2D eigenvalue weighted by atomic mass is 35.5. The Morgan fingerprint density at radius 3 is 2.52 bits per heavy atom. The largest absolute Gasteiger partial charge is 0.301 e. The van der Waals surface area contributed by atoms with Crippen molar-refractivity contribution in [1.29, 1.82) is 0 Å². The molecule has 0 unspecified atom stereocenters. The van der Waals surface area contributed by atoms with Crippen LogP contribution in [0.1, 0.15) is 33.1 Å². The topological polar surface area (TPSA) is 63.4 Å². The third kappa shape index (κ3) is 3.98. The number of nitrogens with zero attached hydrogens (tertiary/aromatic N) is 5. The van der Waals surface area contributed by atoms with Crippen LogP contribution in [-0.2, 0) is 6.54 Å². The molecule has 0 fully saturated rings. The van der Waals surface area contributed by atoms with E-state index < -0.39 is 0 Å². The van der Waals surface area contributed by atoms with Gasteiger partial charge in [-0.2, -0.15) is 4.98 Å². The van der Waals surface area contributed by atoms with Crippen molar-refractivity contribution in [3.05, 3.63) is 88.0 Å². The second-order valence-corrected chi connectivity index (χ2v) is 7.45. The molecule has 4 aromatic rings. The van der Waals surface area contributed by atoms with E-state index in [-0.39, 0.29) is 12.5 Å². The maximum absolute atomic E-state index is 13.3. The van der Waals surface area contributed by atoms with Crippen LogP contribution in [0.2, 0.25) is 5.02 Å². The molecule has 2 heterocycles. The van der Waals surface area contributed by atoms with E-state index in [9.17, 15) is 4.79 Å². The fourth-order valence-electron chi connectivity index (χ4n) is 3.19. The van der Waals surface area contributed by atoms with Crippen LogP contribution < -0.4 is 4.90 Å². The zero-order valence-corrected chi connectivity index (χ0v) is 17.2. The van der Waals surface area contributed by atoms with Crippen molar-refractivity contribution in [3.63, 3.8) is 0 Å². The zero-order chi connectivity index (χ0) is 20.5. The molecule has 0 atom stereocenters. The first-order chi connectivity index (χ1) is 13.9. The summed E-state index contributed by atoms with van der Waals surface area (Å²) in [6.45, 7) is 6.06. The number of anilines is 1. The molecule has 2 aromatic carbocycles. The van der Waals surface area contributed by atoms with Gasteiger partial charge in [0.15, 0.2) is 5.82 Å². The summed E-state index contributed by atoms with van der Waals surface area (Å²) in [4.78, 5) is 23.9. The van der Waals surface area contributed by atoms with E-state index in [4.69, 9.17) is 11.6 Å². The molecular weight excluding hydrogens is 386 g/mol. The number of carbonyl (C=O) groups excluding carboxylic acids is 1. The molecule has 0 aliphatic rings. The minimum atomic E-state index is -0.146. The molecule has 146 valence electrons. The number of hydrogen-bond donors (Lipinski definition) is 0. The molecule has 4 rings (SSSR count). The van der Waals surface area contributed by atoms with Crippen molar-refractivity contribution in [2.75, 3.05) is 4.90 Å². The van der Waals surface area contributed by atoms with Gasteiger partial charge in [-0.3, -0.25) is 4.79 Å². The fraction of sp³-hybridized carbons (Fsp3) is 0.182. The lowest BCUT2D eigenvalue weighted by Crippen LogP contribution is -2.31.